The summed E-state index contributed by atoms with van der Waals surface area (Å²) in [6, 6.07) is 0. The number of amidine groups is 1. The molecular formula is C7H9N3O2. The van der Waals surface area contributed by atoms with E-state index in [1.807, 2.05) is 0 Å². The summed E-state index contributed by atoms with van der Waals surface area (Å²) in [6.07, 6.45) is 0. The molecule has 0 aliphatic heterocycles. The van der Waals surface area contributed by atoms with Crippen LogP contribution in [0.3, 0.4) is 0 Å². The van der Waals surface area contributed by atoms with E-state index in [1.54, 1.807) is 20.8 Å². The molecule has 0 aliphatic rings. The van der Waals surface area contributed by atoms with E-state index in [0.717, 1.165) is 0 Å². The Morgan fingerprint density at radius 1 is 1.50 bits per heavy atom. The summed E-state index contributed by atoms with van der Waals surface area (Å²) in [4.78, 5) is 16.0. The highest BCUT2D eigenvalue weighted by Gasteiger charge is 2.27. The van der Waals surface area contributed by atoms with Crippen molar-refractivity contribution in [1.82, 2.24) is 0 Å². The van der Waals surface area contributed by atoms with Crippen LogP contribution in [0.15, 0.2) is 0 Å². The molecule has 0 rings (SSSR count). The number of carbonyl (C=O) groups excluding carboxylic acids is 1. The number of carbonyl (C=O) groups is 1. The van der Waals surface area contributed by atoms with Crippen LogP contribution in [-0.2, 0) is 9.53 Å². The van der Waals surface area contributed by atoms with Gasteiger partial charge < -0.3 is 10.3 Å². The van der Waals surface area contributed by atoms with Crippen LogP contribution in [0.5, 0.6) is 0 Å². The summed E-state index contributed by atoms with van der Waals surface area (Å²) >= 11 is 0. The number of hydrogen-bond acceptors (Lipinski definition) is 2. The molecule has 0 aromatic heterocycles. The van der Waals surface area contributed by atoms with Crippen LogP contribution < -0.4 is 0 Å². The van der Waals surface area contributed by atoms with Gasteiger partial charge in [0.25, 0.3) is 0 Å². The van der Waals surface area contributed by atoms with Crippen LogP contribution in [-0.4, -0.2) is 22.2 Å². The summed E-state index contributed by atoms with van der Waals surface area (Å²) in [5.41, 5.74) is 7.48. The van der Waals surface area contributed by atoms with Crippen molar-refractivity contribution in [3.63, 3.8) is 0 Å². The molecule has 0 aliphatic carbocycles. The highest BCUT2D eigenvalue weighted by Crippen LogP contribution is 2.06. The second-order valence-electron chi connectivity index (χ2n) is 3.04. The summed E-state index contributed by atoms with van der Waals surface area (Å²) < 4.78 is 4.74. The molecule has 12 heavy (non-hydrogen) atoms. The van der Waals surface area contributed by atoms with E-state index in [0.29, 0.717) is 0 Å². The topological polar surface area (TPSA) is 67.1 Å². The summed E-state index contributed by atoms with van der Waals surface area (Å²) in [5.74, 6) is -1.58. The van der Waals surface area contributed by atoms with Crippen molar-refractivity contribution < 1.29 is 14.3 Å². The fourth-order valence-electron chi connectivity index (χ4n) is 0.433. The van der Waals surface area contributed by atoms with Gasteiger partial charge in [0.2, 0.25) is 0 Å². The van der Waals surface area contributed by atoms with E-state index in [2.05, 4.69) is 9.63 Å². The molecule has 0 radical (unpaired) electrons. The van der Waals surface area contributed by atoms with Gasteiger partial charge in [-0.3, -0.25) is 4.79 Å². The summed E-state index contributed by atoms with van der Waals surface area (Å²) in [6.45, 7) is 11.4. The Morgan fingerprint density at radius 2 is 2.00 bits per heavy atom. The Bertz CT molecular complexity index is 276. The van der Waals surface area contributed by atoms with Crippen molar-refractivity contribution in [3.05, 3.63) is 16.9 Å². The van der Waals surface area contributed by atoms with Gasteiger partial charge in [0.15, 0.2) is 0 Å². The van der Waals surface area contributed by atoms with Crippen LogP contribution in [0.1, 0.15) is 20.8 Å². The van der Waals surface area contributed by atoms with Gasteiger partial charge in [0, 0.05) is 0 Å². The number of rotatable bonds is 0. The van der Waals surface area contributed by atoms with Gasteiger partial charge >= 0.3 is 11.8 Å². The van der Waals surface area contributed by atoms with Gasteiger partial charge in [-0.25, -0.2) is 0 Å². The number of hydrogen-bond donors (Lipinski definition) is 0. The van der Waals surface area contributed by atoms with E-state index in [1.165, 1.54) is 0 Å². The number of nitrogens with zero attached hydrogens (tertiary/aromatic N) is 3. The SMILES string of the molecule is [C-]#[N+]C(=[N+]=[N-])C(=O)OC(C)(C)C. The van der Waals surface area contributed by atoms with Crippen molar-refractivity contribution in [3.8, 4) is 0 Å². The minimum Gasteiger partial charge on any atom is -0.459 e. The highest BCUT2D eigenvalue weighted by molar-refractivity contribution is 6.37. The minimum absolute atomic E-state index is 0.662. The van der Waals surface area contributed by atoms with Crippen molar-refractivity contribution in [2.24, 2.45) is 0 Å². The monoisotopic (exact) mass is 167 g/mol. The maximum absolute atomic E-state index is 10.9. The first-order chi connectivity index (χ1) is 5.40. The van der Waals surface area contributed by atoms with Gasteiger partial charge in [-0.15, -0.1) is 4.85 Å². The highest BCUT2D eigenvalue weighted by atomic mass is 16.6. The predicted octanol–water partition coefficient (Wildman–Crippen LogP) is 0.876. The van der Waals surface area contributed by atoms with Crippen LogP contribution in [0.2, 0.25) is 0 Å². The van der Waals surface area contributed by atoms with Gasteiger partial charge in [0.05, 0.1) is 0 Å². The maximum atomic E-state index is 10.9. The van der Waals surface area contributed by atoms with Gasteiger partial charge in [0.1, 0.15) is 12.2 Å². The first-order valence-corrected chi connectivity index (χ1v) is 3.23. The predicted molar refractivity (Wildman–Crippen MR) is 41.1 cm³/mol. The fourth-order valence-corrected chi connectivity index (χ4v) is 0.433. The molecule has 0 heterocycles. The molecule has 0 aromatic carbocycles. The third-order valence-corrected chi connectivity index (χ3v) is 0.782. The lowest BCUT2D eigenvalue weighted by atomic mass is 10.2. The Hall–Kier alpha value is -1.66. The lowest BCUT2D eigenvalue weighted by Crippen LogP contribution is -2.28. The van der Waals surface area contributed by atoms with E-state index in [9.17, 15) is 4.79 Å². The lowest BCUT2D eigenvalue weighted by molar-refractivity contribution is -0.150. The Labute approximate surface area is 70.4 Å². The third-order valence-electron chi connectivity index (χ3n) is 0.782. The molecule has 5 heteroatoms. The molecular weight excluding hydrogens is 158 g/mol. The minimum atomic E-state index is -0.917. The zero-order valence-electron chi connectivity index (χ0n) is 7.16. The Kier molecular flexibility index (Phi) is 3.15. The standard InChI is InChI=1S/C7H9N3O2/c1-7(2,3)12-6(11)5(9-4)10-8/h1-3H3. The molecule has 0 spiro atoms. The van der Waals surface area contributed by atoms with Crippen LogP contribution in [0, 0.1) is 6.57 Å². The Balaban J connectivity index is 4.46. The zero-order valence-corrected chi connectivity index (χ0v) is 7.16. The second-order valence-corrected chi connectivity index (χ2v) is 3.04. The zero-order chi connectivity index (χ0) is 9.78. The maximum Gasteiger partial charge on any atom is 0.605 e. The molecule has 0 saturated heterocycles. The number of ether oxygens (including phenoxy) is 1. The average molecular weight is 167 g/mol. The average Bonchev–Trinajstić information content (AvgIpc) is 1.85. The molecule has 64 valence electrons. The molecule has 0 unspecified atom stereocenters. The second kappa shape index (κ2) is 3.65. The first-order valence-electron chi connectivity index (χ1n) is 3.23. The van der Waals surface area contributed by atoms with E-state index < -0.39 is 17.4 Å². The molecule has 0 atom stereocenters. The van der Waals surface area contributed by atoms with E-state index in [4.69, 9.17) is 16.8 Å². The Morgan fingerprint density at radius 3 is 2.25 bits per heavy atom. The van der Waals surface area contributed by atoms with Crippen LogP contribution in [0.4, 0.5) is 0 Å². The molecule has 0 amide bonds. The largest absolute Gasteiger partial charge is 0.605 e. The van der Waals surface area contributed by atoms with Gasteiger partial charge in [-0.1, -0.05) is 0 Å². The smallest absolute Gasteiger partial charge is 0.459 e. The summed E-state index contributed by atoms with van der Waals surface area (Å²) in [5, 5.41) is 0. The van der Waals surface area contributed by atoms with E-state index >= 15 is 0 Å². The van der Waals surface area contributed by atoms with Gasteiger partial charge in [-0.2, -0.15) is 4.79 Å². The quantitative estimate of drug-likeness (QED) is 0.134. The fraction of sp³-hybridized carbons (Fsp3) is 0.571. The molecule has 0 saturated carbocycles. The number of esters is 1. The van der Waals surface area contributed by atoms with Crippen LogP contribution in [0.25, 0.3) is 10.4 Å². The molecule has 0 N–H and O–H groups in total. The van der Waals surface area contributed by atoms with Crippen molar-refractivity contribution >= 4 is 11.8 Å². The molecule has 0 bridgehead atoms. The van der Waals surface area contributed by atoms with Gasteiger partial charge in [-0.05, 0) is 20.8 Å². The van der Waals surface area contributed by atoms with Crippen molar-refractivity contribution in [1.29, 1.82) is 0 Å². The van der Waals surface area contributed by atoms with Crippen molar-refractivity contribution in [2.75, 3.05) is 0 Å². The molecule has 0 aromatic rings. The molecule has 5 nitrogen and oxygen atoms in total. The van der Waals surface area contributed by atoms with Crippen LogP contribution >= 0.6 is 0 Å². The first kappa shape index (κ1) is 10.3. The van der Waals surface area contributed by atoms with E-state index in [-0.39, 0.29) is 0 Å². The lowest BCUT2D eigenvalue weighted by Gasteiger charge is -2.16. The normalized spacial score (nSPS) is 9.50. The summed E-state index contributed by atoms with van der Waals surface area (Å²) in [7, 11) is 0. The molecule has 0 fully saturated rings. The third kappa shape index (κ3) is 3.49. The van der Waals surface area contributed by atoms with Crippen molar-refractivity contribution in [2.45, 2.75) is 26.4 Å².